The predicted octanol–water partition coefficient (Wildman–Crippen LogP) is 3.97. The molecule has 4 heteroatoms. The topological polar surface area (TPSA) is 53.2 Å². The molecule has 0 saturated carbocycles. The van der Waals surface area contributed by atoms with Crippen molar-refractivity contribution < 1.29 is 9.59 Å². The number of hydrogen-bond acceptors (Lipinski definition) is 2. The summed E-state index contributed by atoms with van der Waals surface area (Å²) < 4.78 is 0. The van der Waals surface area contributed by atoms with Crippen LogP contribution in [0.4, 0.5) is 0 Å². The molecule has 130 valence electrons. The third kappa shape index (κ3) is 2.84. The third-order valence-corrected chi connectivity index (χ3v) is 4.96. The normalized spacial score (nSPS) is 14.3. The average molecular weight is 344 g/mol. The Morgan fingerprint density at radius 3 is 2.46 bits per heavy atom. The van der Waals surface area contributed by atoms with E-state index in [1.807, 2.05) is 55.5 Å². The summed E-state index contributed by atoms with van der Waals surface area (Å²) in [4.78, 5) is 30.5. The number of ketones is 1. The van der Waals surface area contributed by atoms with Crippen molar-refractivity contribution in [2.24, 2.45) is 0 Å². The number of fused-ring (bicyclic) bond motifs is 1. The summed E-state index contributed by atoms with van der Waals surface area (Å²) in [5.41, 5.74) is 4.51. The van der Waals surface area contributed by atoms with E-state index in [9.17, 15) is 9.59 Å². The van der Waals surface area contributed by atoms with Crippen molar-refractivity contribution in [1.82, 2.24) is 9.88 Å². The summed E-state index contributed by atoms with van der Waals surface area (Å²) >= 11 is 0. The van der Waals surface area contributed by atoms with Crippen LogP contribution in [0.2, 0.25) is 0 Å². The summed E-state index contributed by atoms with van der Waals surface area (Å²) in [5, 5.41) is 0.806. The number of hydrogen-bond donors (Lipinski definition) is 1. The second kappa shape index (κ2) is 6.64. The number of carbonyl (C=O) groups is 2. The van der Waals surface area contributed by atoms with Crippen LogP contribution in [0.25, 0.3) is 16.5 Å². The van der Waals surface area contributed by atoms with Gasteiger partial charge in [0.2, 0.25) is 0 Å². The van der Waals surface area contributed by atoms with Crippen molar-refractivity contribution in [3.63, 3.8) is 0 Å². The van der Waals surface area contributed by atoms with Crippen LogP contribution in [0, 0.1) is 6.92 Å². The van der Waals surface area contributed by atoms with E-state index in [0.29, 0.717) is 18.7 Å². The van der Waals surface area contributed by atoms with Gasteiger partial charge in [-0.1, -0.05) is 54.6 Å². The minimum atomic E-state index is -0.434. The number of amides is 1. The van der Waals surface area contributed by atoms with Crippen LogP contribution in [0.1, 0.15) is 28.0 Å². The van der Waals surface area contributed by atoms with E-state index in [-0.39, 0.29) is 0 Å². The number of aromatic nitrogens is 1. The molecule has 2 aromatic carbocycles. The summed E-state index contributed by atoms with van der Waals surface area (Å²) in [6, 6.07) is 17.7. The fourth-order valence-corrected chi connectivity index (χ4v) is 3.59. The first kappa shape index (κ1) is 16.3. The van der Waals surface area contributed by atoms with Gasteiger partial charge in [-0.2, -0.15) is 0 Å². The van der Waals surface area contributed by atoms with Crippen LogP contribution < -0.4 is 0 Å². The number of rotatable bonds is 3. The highest BCUT2D eigenvalue weighted by molar-refractivity contribution is 6.45. The number of carbonyl (C=O) groups excluding carboxylic acids is 2. The fraction of sp³-hybridized carbons (Fsp3) is 0.182. The molecule has 0 saturated heterocycles. The number of benzene rings is 2. The van der Waals surface area contributed by atoms with Crippen molar-refractivity contribution in [2.75, 3.05) is 13.1 Å². The van der Waals surface area contributed by atoms with Crippen LogP contribution in [-0.4, -0.2) is 34.7 Å². The van der Waals surface area contributed by atoms with Gasteiger partial charge in [-0.3, -0.25) is 9.59 Å². The SMILES string of the molecule is Cc1[nH]c2ccccc2c1C(=O)C(=O)N1CC=C(c2ccccc2)CC1. The number of nitrogens with zero attached hydrogens (tertiary/aromatic N) is 1. The Morgan fingerprint density at radius 2 is 1.73 bits per heavy atom. The molecule has 4 nitrogen and oxygen atoms in total. The molecular formula is C22H20N2O2. The monoisotopic (exact) mass is 344 g/mol. The second-order valence-corrected chi connectivity index (χ2v) is 6.60. The fourth-order valence-electron chi connectivity index (χ4n) is 3.59. The highest BCUT2D eigenvalue weighted by atomic mass is 16.2. The minimum absolute atomic E-state index is 0.429. The predicted molar refractivity (Wildman–Crippen MR) is 103 cm³/mol. The number of aryl methyl sites for hydroxylation is 1. The molecule has 0 unspecified atom stereocenters. The van der Waals surface area contributed by atoms with Gasteiger partial charge in [-0.15, -0.1) is 0 Å². The molecule has 1 aliphatic heterocycles. The zero-order chi connectivity index (χ0) is 18.1. The maximum atomic E-state index is 12.9. The first-order valence-corrected chi connectivity index (χ1v) is 8.80. The molecule has 1 aromatic heterocycles. The Morgan fingerprint density at radius 1 is 1.00 bits per heavy atom. The van der Waals surface area contributed by atoms with Crippen LogP contribution in [-0.2, 0) is 4.79 Å². The van der Waals surface area contributed by atoms with Crippen LogP contribution in [0.15, 0.2) is 60.7 Å². The molecule has 1 amide bonds. The quantitative estimate of drug-likeness (QED) is 0.577. The van der Waals surface area contributed by atoms with Gasteiger partial charge in [0.05, 0.1) is 5.56 Å². The Balaban J connectivity index is 1.56. The van der Waals surface area contributed by atoms with E-state index in [1.54, 1.807) is 4.90 Å². The van der Waals surface area contributed by atoms with E-state index >= 15 is 0 Å². The number of Topliss-reactive ketones (excluding diaryl/α,β-unsaturated/α-hetero) is 1. The molecule has 3 aromatic rings. The van der Waals surface area contributed by atoms with Crippen molar-refractivity contribution in [3.8, 4) is 0 Å². The van der Waals surface area contributed by atoms with E-state index in [1.165, 1.54) is 11.1 Å². The zero-order valence-corrected chi connectivity index (χ0v) is 14.7. The van der Waals surface area contributed by atoms with Crippen molar-refractivity contribution in [3.05, 3.63) is 77.5 Å². The molecular weight excluding hydrogens is 324 g/mol. The molecule has 26 heavy (non-hydrogen) atoms. The van der Waals surface area contributed by atoms with Gasteiger partial charge in [-0.25, -0.2) is 0 Å². The highest BCUT2D eigenvalue weighted by Gasteiger charge is 2.28. The van der Waals surface area contributed by atoms with Crippen LogP contribution in [0.5, 0.6) is 0 Å². The number of aromatic amines is 1. The summed E-state index contributed by atoms with van der Waals surface area (Å²) in [5.74, 6) is -0.863. The van der Waals surface area contributed by atoms with Gasteiger partial charge in [0.1, 0.15) is 0 Å². The summed E-state index contributed by atoms with van der Waals surface area (Å²) in [7, 11) is 0. The molecule has 4 rings (SSSR count). The molecule has 1 N–H and O–H groups in total. The lowest BCUT2D eigenvalue weighted by Gasteiger charge is -2.26. The summed E-state index contributed by atoms with van der Waals surface area (Å²) in [6.07, 6.45) is 2.81. The first-order valence-electron chi connectivity index (χ1n) is 8.80. The molecule has 2 heterocycles. The lowest BCUT2D eigenvalue weighted by atomic mass is 9.99. The second-order valence-electron chi connectivity index (χ2n) is 6.60. The lowest BCUT2D eigenvalue weighted by Crippen LogP contribution is -2.39. The Kier molecular flexibility index (Phi) is 4.17. The Bertz CT molecular complexity index is 1020. The van der Waals surface area contributed by atoms with Crippen molar-refractivity contribution >= 4 is 28.2 Å². The first-order chi connectivity index (χ1) is 12.6. The van der Waals surface area contributed by atoms with E-state index in [2.05, 4.69) is 17.1 Å². The zero-order valence-electron chi connectivity index (χ0n) is 14.7. The largest absolute Gasteiger partial charge is 0.358 e. The molecule has 0 bridgehead atoms. The lowest BCUT2D eigenvalue weighted by molar-refractivity contribution is -0.126. The van der Waals surface area contributed by atoms with Gasteiger partial charge >= 0.3 is 0 Å². The third-order valence-electron chi connectivity index (χ3n) is 4.96. The Labute approximate surface area is 152 Å². The van der Waals surface area contributed by atoms with Gasteiger partial charge in [0, 0.05) is 29.7 Å². The molecule has 0 spiro atoms. The maximum Gasteiger partial charge on any atom is 0.295 e. The van der Waals surface area contributed by atoms with Crippen molar-refractivity contribution in [1.29, 1.82) is 0 Å². The smallest absolute Gasteiger partial charge is 0.295 e. The van der Waals surface area contributed by atoms with Crippen LogP contribution >= 0.6 is 0 Å². The average Bonchev–Trinajstić information content (AvgIpc) is 3.03. The highest BCUT2D eigenvalue weighted by Crippen LogP contribution is 2.25. The van der Waals surface area contributed by atoms with Gasteiger partial charge in [-0.05, 0) is 30.5 Å². The maximum absolute atomic E-state index is 12.9. The van der Waals surface area contributed by atoms with Crippen LogP contribution in [0.3, 0.4) is 0 Å². The number of para-hydroxylation sites is 1. The van der Waals surface area contributed by atoms with E-state index < -0.39 is 11.7 Å². The van der Waals surface area contributed by atoms with Gasteiger partial charge in [0.15, 0.2) is 0 Å². The minimum Gasteiger partial charge on any atom is -0.358 e. The van der Waals surface area contributed by atoms with Crippen molar-refractivity contribution in [2.45, 2.75) is 13.3 Å². The molecule has 1 aliphatic rings. The summed E-state index contributed by atoms with van der Waals surface area (Å²) in [6.45, 7) is 2.87. The molecule has 0 aliphatic carbocycles. The Hall–Kier alpha value is -3.14. The molecule has 0 radical (unpaired) electrons. The van der Waals surface area contributed by atoms with Gasteiger partial charge in [0.25, 0.3) is 11.7 Å². The number of nitrogens with one attached hydrogen (secondary N) is 1. The molecule has 0 fully saturated rings. The number of H-pyrrole nitrogens is 1. The standard InChI is InChI=1S/C22H20N2O2/c1-15-20(18-9-5-6-10-19(18)23-15)21(25)22(26)24-13-11-17(12-14-24)16-7-3-2-4-8-16/h2-11,23H,12-14H2,1H3. The molecule has 0 atom stereocenters. The van der Waals surface area contributed by atoms with Gasteiger partial charge < -0.3 is 9.88 Å². The van der Waals surface area contributed by atoms with E-state index in [0.717, 1.165) is 23.0 Å². The van der Waals surface area contributed by atoms with E-state index in [4.69, 9.17) is 0 Å².